The van der Waals surface area contributed by atoms with Crippen molar-refractivity contribution in [1.82, 2.24) is 0 Å². The van der Waals surface area contributed by atoms with Crippen molar-refractivity contribution in [1.29, 1.82) is 0 Å². The number of benzene rings is 5. The zero-order valence-corrected chi connectivity index (χ0v) is 24.8. The van der Waals surface area contributed by atoms with E-state index in [0.717, 1.165) is 48.5 Å². The SMILES string of the molecule is O=C(c1ccccc1)c1ccccc1Sc1ccc(S(OS(=O)(=O)C(F)(F)F)(c2ccc(F)cc2)c2ccc(F)cc2)cc1. The summed E-state index contributed by atoms with van der Waals surface area (Å²) in [7, 11) is -9.97. The third-order valence-corrected chi connectivity index (χ3v) is 12.3. The second-order valence-electron chi connectivity index (χ2n) is 9.20. The molecule has 44 heavy (non-hydrogen) atoms. The third-order valence-electron chi connectivity index (χ3n) is 6.32. The van der Waals surface area contributed by atoms with Gasteiger partial charge in [-0.15, -0.1) is 0 Å². The van der Waals surface area contributed by atoms with Gasteiger partial charge in [-0.3, -0.25) is 4.79 Å². The summed E-state index contributed by atoms with van der Waals surface area (Å²) in [5.41, 5.74) is -4.85. The highest BCUT2D eigenvalue weighted by Gasteiger charge is 2.52. The molecule has 12 heteroatoms. The van der Waals surface area contributed by atoms with Crippen LogP contribution in [0.1, 0.15) is 15.9 Å². The van der Waals surface area contributed by atoms with Crippen LogP contribution in [-0.4, -0.2) is 19.7 Å². The maximum Gasteiger partial charge on any atom is 0.524 e. The first kappa shape index (κ1) is 31.5. The van der Waals surface area contributed by atoms with E-state index in [0.29, 0.717) is 20.9 Å². The van der Waals surface area contributed by atoms with Gasteiger partial charge in [0.1, 0.15) is 11.6 Å². The number of halogens is 5. The standard InChI is InChI=1S/C32H21F5O4S3/c33-23-10-16-26(17-11-23)43(27-18-12-24(34)13-19-27,41-44(39,40)32(35,36)37)28-20-14-25(15-21-28)42-30-9-5-4-8-29(30)31(38)22-6-2-1-3-7-22/h1-21H. The molecule has 0 aliphatic carbocycles. The van der Waals surface area contributed by atoms with E-state index in [2.05, 4.69) is 0 Å². The number of hydrogen-bond acceptors (Lipinski definition) is 5. The molecule has 5 rings (SSSR count). The molecule has 0 bridgehead atoms. The Bertz CT molecular complexity index is 1830. The van der Waals surface area contributed by atoms with Gasteiger partial charge in [0.2, 0.25) is 0 Å². The molecule has 0 saturated heterocycles. The van der Waals surface area contributed by atoms with Gasteiger partial charge >= 0.3 is 15.6 Å². The monoisotopic (exact) mass is 660 g/mol. The maximum atomic E-state index is 13.9. The Hall–Kier alpha value is -3.97. The molecule has 0 amide bonds. The van der Waals surface area contributed by atoms with Crippen molar-refractivity contribution in [3.05, 3.63) is 150 Å². The molecule has 5 aromatic rings. The zero-order chi connectivity index (χ0) is 31.5. The van der Waals surface area contributed by atoms with Crippen LogP contribution in [0.3, 0.4) is 0 Å². The number of ketones is 1. The van der Waals surface area contributed by atoms with E-state index >= 15 is 0 Å². The summed E-state index contributed by atoms with van der Waals surface area (Å²) in [6.07, 6.45) is 0. The van der Waals surface area contributed by atoms with E-state index in [-0.39, 0.29) is 20.5 Å². The van der Waals surface area contributed by atoms with Crippen LogP contribution in [-0.2, 0) is 13.7 Å². The average Bonchev–Trinajstić information content (AvgIpc) is 3.01. The van der Waals surface area contributed by atoms with E-state index in [1.54, 1.807) is 66.7 Å². The smallest absolute Gasteiger partial charge is 0.289 e. The highest BCUT2D eigenvalue weighted by Crippen LogP contribution is 2.70. The van der Waals surface area contributed by atoms with Crippen LogP contribution in [0.25, 0.3) is 0 Å². The molecule has 226 valence electrons. The largest absolute Gasteiger partial charge is 0.524 e. The highest BCUT2D eigenvalue weighted by atomic mass is 32.3. The Morgan fingerprint density at radius 3 is 1.57 bits per heavy atom. The van der Waals surface area contributed by atoms with Crippen molar-refractivity contribution < 1.29 is 38.8 Å². The van der Waals surface area contributed by atoms with Gasteiger partial charge in [-0.25, -0.2) is 8.78 Å². The van der Waals surface area contributed by atoms with Crippen LogP contribution in [0.15, 0.2) is 152 Å². The Morgan fingerprint density at radius 1 is 0.614 bits per heavy atom. The van der Waals surface area contributed by atoms with Gasteiger partial charge in [0.15, 0.2) is 5.78 Å². The first-order valence-electron chi connectivity index (χ1n) is 12.7. The van der Waals surface area contributed by atoms with Crippen molar-refractivity contribution >= 4 is 38.0 Å². The van der Waals surface area contributed by atoms with Crippen LogP contribution in [0.4, 0.5) is 22.0 Å². The molecule has 0 aromatic heterocycles. The zero-order valence-electron chi connectivity index (χ0n) is 22.4. The fourth-order valence-electron chi connectivity index (χ4n) is 4.27. The number of rotatable bonds is 9. The molecular formula is C32H21F5O4S3. The minimum atomic E-state index is -6.21. The van der Waals surface area contributed by atoms with E-state index in [1.165, 1.54) is 23.9 Å². The molecule has 0 unspecified atom stereocenters. The topological polar surface area (TPSA) is 60.4 Å². The molecule has 0 atom stereocenters. The number of hydrogen-bond donors (Lipinski definition) is 0. The lowest BCUT2D eigenvalue weighted by Gasteiger charge is -2.39. The van der Waals surface area contributed by atoms with Crippen molar-refractivity contribution in [3.63, 3.8) is 0 Å². The molecular weight excluding hydrogens is 640 g/mol. The number of carbonyl (C=O) groups is 1. The predicted octanol–water partition coefficient (Wildman–Crippen LogP) is 9.41. The minimum Gasteiger partial charge on any atom is -0.289 e. The van der Waals surface area contributed by atoms with Gasteiger partial charge in [-0.1, -0.05) is 54.2 Å². The van der Waals surface area contributed by atoms with Crippen LogP contribution < -0.4 is 0 Å². The lowest BCUT2D eigenvalue weighted by molar-refractivity contribution is -0.0496. The maximum absolute atomic E-state index is 13.9. The van der Waals surface area contributed by atoms with Gasteiger partial charge in [0.05, 0.1) is 0 Å². The molecule has 0 radical (unpaired) electrons. The molecule has 5 aromatic carbocycles. The Balaban J connectivity index is 1.62. The second-order valence-corrected chi connectivity index (χ2v) is 14.8. The van der Waals surface area contributed by atoms with Crippen molar-refractivity contribution in [3.8, 4) is 0 Å². The molecule has 0 aliphatic rings. The van der Waals surface area contributed by atoms with Crippen molar-refractivity contribution in [2.75, 3.05) is 0 Å². The fraction of sp³-hybridized carbons (Fsp3) is 0.0312. The van der Waals surface area contributed by atoms with E-state index in [4.69, 9.17) is 3.63 Å². The number of alkyl halides is 3. The Kier molecular flexibility index (Phi) is 8.98. The van der Waals surface area contributed by atoms with E-state index < -0.39 is 37.6 Å². The summed E-state index contributed by atoms with van der Waals surface area (Å²) in [6, 6.07) is 29.9. The van der Waals surface area contributed by atoms with E-state index in [9.17, 15) is 35.2 Å². The quantitative estimate of drug-likeness (QED) is 0.0896. The normalized spacial score (nSPS) is 12.6. The van der Waals surface area contributed by atoms with Gasteiger partial charge < -0.3 is 0 Å². The summed E-state index contributed by atoms with van der Waals surface area (Å²) < 4.78 is 99.2. The van der Waals surface area contributed by atoms with Gasteiger partial charge in [0.25, 0.3) is 0 Å². The summed E-state index contributed by atoms with van der Waals surface area (Å²) >= 11 is 1.22. The van der Waals surface area contributed by atoms with Crippen LogP contribution in [0.2, 0.25) is 0 Å². The molecule has 0 fully saturated rings. The first-order chi connectivity index (χ1) is 20.9. The highest BCUT2D eigenvalue weighted by molar-refractivity contribution is 8.33. The van der Waals surface area contributed by atoms with Crippen molar-refractivity contribution in [2.24, 2.45) is 0 Å². The van der Waals surface area contributed by atoms with E-state index in [1.807, 2.05) is 0 Å². The predicted molar refractivity (Wildman–Crippen MR) is 158 cm³/mol. The Morgan fingerprint density at radius 2 is 1.07 bits per heavy atom. The van der Waals surface area contributed by atoms with Gasteiger partial charge in [-0.05, 0) is 95.2 Å². The molecule has 0 saturated carbocycles. The van der Waals surface area contributed by atoms with Gasteiger partial charge in [0, 0.05) is 35.6 Å². The first-order valence-corrected chi connectivity index (χ1v) is 16.5. The Labute approximate surface area is 256 Å². The van der Waals surface area contributed by atoms with Crippen LogP contribution in [0, 0.1) is 11.6 Å². The number of carbonyl (C=O) groups excluding carboxylic acids is 1. The molecule has 4 nitrogen and oxygen atoms in total. The van der Waals surface area contributed by atoms with Crippen molar-refractivity contribution in [2.45, 2.75) is 30.0 Å². The molecule has 0 spiro atoms. The summed E-state index contributed by atoms with van der Waals surface area (Å²) in [5, 5.41) is 0. The van der Waals surface area contributed by atoms with Crippen LogP contribution >= 0.6 is 22.1 Å². The lowest BCUT2D eigenvalue weighted by Crippen LogP contribution is -2.27. The van der Waals surface area contributed by atoms with Gasteiger partial charge in [-0.2, -0.15) is 25.2 Å². The fourth-order valence-corrected chi connectivity index (χ4v) is 9.91. The minimum absolute atomic E-state index is 0.0153. The molecule has 0 N–H and O–H groups in total. The van der Waals surface area contributed by atoms with Crippen LogP contribution in [0.5, 0.6) is 0 Å². The third kappa shape index (κ3) is 6.43. The molecule has 0 aliphatic heterocycles. The summed E-state index contributed by atoms with van der Waals surface area (Å²) in [6.45, 7) is 0. The lowest BCUT2D eigenvalue weighted by atomic mass is 10.0. The second kappa shape index (κ2) is 12.6. The molecule has 0 heterocycles. The average molecular weight is 661 g/mol. The summed E-state index contributed by atoms with van der Waals surface area (Å²) in [5.74, 6) is -1.63. The summed E-state index contributed by atoms with van der Waals surface area (Å²) in [4.78, 5) is 14.2.